The zero-order chi connectivity index (χ0) is 28.6. The fraction of sp³-hybridized carbons (Fsp3) is 0.207. The largest absolute Gasteiger partial charge is 0.497 e. The molecule has 1 aromatic heterocycles. The molecule has 2 aromatic carbocycles. The van der Waals surface area contributed by atoms with Crippen molar-refractivity contribution in [2.45, 2.75) is 12.8 Å². The van der Waals surface area contributed by atoms with Gasteiger partial charge in [-0.05, 0) is 55.3 Å². The minimum Gasteiger partial charge on any atom is -0.497 e. The van der Waals surface area contributed by atoms with Crippen LogP contribution in [0.15, 0.2) is 59.7 Å². The summed E-state index contributed by atoms with van der Waals surface area (Å²) in [5, 5.41) is 14.3. The Morgan fingerprint density at radius 1 is 1.10 bits per heavy atom. The summed E-state index contributed by atoms with van der Waals surface area (Å²) in [6.07, 6.45) is 9.33. The summed E-state index contributed by atoms with van der Waals surface area (Å²) in [6, 6.07) is 11.6. The number of pyridine rings is 1. The highest BCUT2D eigenvalue weighted by molar-refractivity contribution is 6.12. The first kappa shape index (κ1) is 27.8. The maximum Gasteiger partial charge on any atom is 0.306 e. The number of terminal acetylenes is 1. The summed E-state index contributed by atoms with van der Waals surface area (Å²) in [7, 11) is 1.44. The Morgan fingerprint density at radius 2 is 1.85 bits per heavy atom. The molecule has 4 rings (SSSR count). The molecular formula is C29H26FN5O5. The average molecular weight is 544 g/mol. The molecule has 10 nitrogen and oxygen atoms in total. The van der Waals surface area contributed by atoms with E-state index in [1.807, 2.05) is 4.90 Å². The zero-order valence-electron chi connectivity index (χ0n) is 21.6. The van der Waals surface area contributed by atoms with Crippen LogP contribution in [-0.2, 0) is 4.79 Å². The molecule has 3 aromatic rings. The molecule has 0 atom stereocenters. The van der Waals surface area contributed by atoms with Gasteiger partial charge in [-0.15, -0.1) is 6.42 Å². The number of likely N-dealkylation sites (tertiary alicyclic amines) is 1. The Balaban J connectivity index is 1.46. The minimum absolute atomic E-state index is 0.0730. The molecule has 1 fully saturated rings. The fourth-order valence-corrected chi connectivity index (χ4v) is 4.05. The van der Waals surface area contributed by atoms with Crippen LogP contribution >= 0.6 is 0 Å². The van der Waals surface area contributed by atoms with Gasteiger partial charge < -0.3 is 25.4 Å². The Hall–Kier alpha value is -5.24. The third kappa shape index (κ3) is 6.79. The van der Waals surface area contributed by atoms with Crippen molar-refractivity contribution < 1.29 is 28.6 Å². The van der Waals surface area contributed by atoms with Crippen LogP contribution in [0.25, 0.3) is 0 Å². The Kier molecular flexibility index (Phi) is 8.71. The molecular weight excluding hydrogens is 517 g/mol. The van der Waals surface area contributed by atoms with Gasteiger partial charge in [-0.1, -0.05) is 5.92 Å². The summed E-state index contributed by atoms with van der Waals surface area (Å²) in [6.45, 7) is 1.07. The summed E-state index contributed by atoms with van der Waals surface area (Å²) < 4.78 is 20.1. The first-order valence-corrected chi connectivity index (χ1v) is 12.3. The highest BCUT2D eigenvalue weighted by atomic mass is 19.1. The number of halogens is 1. The van der Waals surface area contributed by atoms with Crippen molar-refractivity contribution >= 4 is 41.3 Å². The van der Waals surface area contributed by atoms with Gasteiger partial charge in [-0.2, -0.15) is 0 Å². The van der Waals surface area contributed by atoms with E-state index in [9.17, 15) is 18.8 Å². The van der Waals surface area contributed by atoms with Crippen LogP contribution in [-0.4, -0.2) is 59.3 Å². The number of nitrogens with one attached hydrogen (secondary N) is 2. The summed E-state index contributed by atoms with van der Waals surface area (Å²) >= 11 is 0. The first-order chi connectivity index (χ1) is 19.3. The predicted octanol–water partition coefficient (Wildman–Crippen LogP) is 4.17. The van der Waals surface area contributed by atoms with Gasteiger partial charge in [0.1, 0.15) is 17.4 Å². The van der Waals surface area contributed by atoms with Crippen molar-refractivity contribution in [3.63, 3.8) is 0 Å². The van der Waals surface area contributed by atoms with E-state index in [1.54, 1.807) is 24.5 Å². The van der Waals surface area contributed by atoms with Crippen molar-refractivity contribution in [3.05, 3.63) is 77.2 Å². The van der Waals surface area contributed by atoms with E-state index < -0.39 is 23.6 Å². The van der Waals surface area contributed by atoms with Gasteiger partial charge in [-0.25, -0.2) is 14.4 Å². The van der Waals surface area contributed by atoms with Crippen molar-refractivity contribution in [1.82, 2.24) is 9.88 Å². The lowest BCUT2D eigenvalue weighted by Gasteiger charge is -2.28. The topological polar surface area (TPSA) is 133 Å². The lowest BCUT2D eigenvalue weighted by molar-refractivity contribution is -0.143. The third-order valence-corrected chi connectivity index (χ3v) is 6.34. The van der Waals surface area contributed by atoms with E-state index in [2.05, 4.69) is 26.5 Å². The maximum absolute atomic E-state index is 14.9. The number of ether oxygens (including phenoxy) is 1. The molecule has 2 heterocycles. The molecule has 0 saturated carbocycles. The molecule has 1 aliphatic heterocycles. The van der Waals surface area contributed by atoms with E-state index in [4.69, 9.17) is 16.3 Å². The number of aliphatic imine (C=N–C) groups is 1. The highest BCUT2D eigenvalue weighted by Crippen LogP contribution is 2.25. The van der Waals surface area contributed by atoms with Crippen LogP contribution in [0.1, 0.15) is 39.1 Å². The van der Waals surface area contributed by atoms with Crippen LogP contribution in [0.4, 0.5) is 21.6 Å². The number of aliphatic carboxylic acids is 1. The van der Waals surface area contributed by atoms with Crippen LogP contribution in [0.3, 0.4) is 0 Å². The number of hydrogen-bond donors (Lipinski definition) is 3. The van der Waals surface area contributed by atoms with E-state index in [1.165, 1.54) is 37.6 Å². The summed E-state index contributed by atoms with van der Waals surface area (Å²) in [5.74, 6) is -0.248. The zero-order valence-corrected chi connectivity index (χ0v) is 21.6. The second-order valence-electron chi connectivity index (χ2n) is 8.95. The third-order valence-electron chi connectivity index (χ3n) is 6.34. The number of anilines is 2. The monoisotopic (exact) mass is 543 g/mol. The second-order valence-corrected chi connectivity index (χ2v) is 8.95. The Labute approximate surface area is 229 Å². The van der Waals surface area contributed by atoms with Crippen LogP contribution in [0, 0.1) is 24.1 Å². The molecule has 0 bridgehead atoms. The lowest BCUT2D eigenvalue weighted by Crippen LogP contribution is -2.35. The van der Waals surface area contributed by atoms with Gasteiger partial charge in [0.25, 0.3) is 11.8 Å². The molecule has 3 N–H and O–H groups in total. The van der Waals surface area contributed by atoms with Gasteiger partial charge in [0, 0.05) is 30.9 Å². The molecule has 204 valence electrons. The molecule has 40 heavy (non-hydrogen) atoms. The number of aromatic nitrogens is 1. The van der Waals surface area contributed by atoms with Gasteiger partial charge >= 0.3 is 5.97 Å². The number of nitrogens with zero attached hydrogens (tertiary/aromatic N) is 3. The summed E-state index contributed by atoms with van der Waals surface area (Å²) in [5.41, 5.74) is 0.808. The van der Waals surface area contributed by atoms with Gasteiger partial charge in [0.05, 0.1) is 41.9 Å². The van der Waals surface area contributed by atoms with Gasteiger partial charge in [0.2, 0.25) is 0 Å². The molecule has 0 spiro atoms. The fourth-order valence-electron chi connectivity index (χ4n) is 4.05. The number of piperidine rings is 1. The molecule has 0 radical (unpaired) electrons. The summed E-state index contributed by atoms with van der Waals surface area (Å²) in [4.78, 5) is 47.3. The standard InChI is InChI=1S/C29H26FN5O5/c1-3-18-4-9-26(31-16-18)34-28(37)23-15-21(40-2)6-8-25(23)33-27(36)22-7-5-20(14-24(22)30)32-17-35-12-10-19(11-13-35)29(38)39/h1,4-9,14-17,19H,10-13H2,2H3,(H,33,36)(H,38,39)(H,31,34,37). The second kappa shape index (κ2) is 12.5. The quantitative estimate of drug-likeness (QED) is 0.221. The minimum atomic E-state index is -0.803. The van der Waals surface area contributed by atoms with Crippen LogP contribution in [0.2, 0.25) is 0 Å². The number of hydrogen-bond acceptors (Lipinski definition) is 6. The van der Waals surface area contributed by atoms with E-state index >= 15 is 0 Å². The van der Waals surface area contributed by atoms with Gasteiger partial charge in [0.15, 0.2) is 0 Å². The van der Waals surface area contributed by atoms with Crippen molar-refractivity contribution in [2.24, 2.45) is 10.9 Å². The number of amides is 2. The molecule has 0 unspecified atom stereocenters. The smallest absolute Gasteiger partial charge is 0.306 e. The number of rotatable bonds is 8. The number of methoxy groups -OCH3 is 1. The number of carboxylic acids is 1. The molecule has 0 aliphatic carbocycles. The van der Waals surface area contributed by atoms with E-state index in [0.29, 0.717) is 42.9 Å². The maximum atomic E-state index is 14.9. The molecule has 2 amide bonds. The van der Waals surface area contributed by atoms with Crippen LogP contribution in [0.5, 0.6) is 5.75 Å². The lowest BCUT2D eigenvalue weighted by atomic mass is 9.98. The first-order valence-electron chi connectivity index (χ1n) is 12.3. The van der Waals surface area contributed by atoms with Gasteiger partial charge in [-0.3, -0.25) is 14.4 Å². The molecule has 11 heteroatoms. The normalized spacial score (nSPS) is 13.5. The highest BCUT2D eigenvalue weighted by Gasteiger charge is 2.23. The van der Waals surface area contributed by atoms with E-state index in [0.717, 1.165) is 6.07 Å². The van der Waals surface area contributed by atoms with Crippen LogP contribution < -0.4 is 15.4 Å². The van der Waals surface area contributed by atoms with Crippen molar-refractivity contribution in [3.8, 4) is 18.1 Å². The predicted molar refractivity (Wildman–Crippen MR) is 148 cm³/mol. The number of carbonyl (C=O) groups is 3. The Bertz CT molecular complexity index is 1490. The number of benzene rings is 2. The van der Waals surface area contributed by atoms with Crippen molar-refractivity contribution in [2.75, 3.05) is 30.8 Å². The number of carbonyl (C=O) groups excluding carboxylic acids is 2. The SMILES string of the molecule is C#Cc1ccc(NC(=O)c2cc(OC)ccc2NC(=O)c2ccc(N=CN3CCC(C(=O)O)CC3)cc2F)nc1. The van der Waals surface area contributed by atoms with E-state index in [-0.39, 0.29) is 28.6 Å². The average Bonchev–Trinajstić information content (AvgIpc) is 2.96. The molecule has 1 saturated heterocycles. The van der Waals surface area contributed by atoms with Crippen molar-refractivity contribution in [1.29, 1.82) is 0 Å². The number of carboxylic acid groups (broad SMARTS) is 1. The molecule has 1 aliphatic rings. The Morgan fingerprint density at radius 3 is 2.48 bits per heavy atom.